The van der Waals surface area contributed by atoms with Crippen molar-refractivity contribution in [2.45, 2.75) is 30.5 Å². The summed E-state index contributed by atoms with van der Waals surface area (Å²) in [5.41, 5.74) is 0.792. The third kappa shape index (κ3) is 4.05. The molecule has 1 aliphatic heterocycles. The average Bonchev–Trinajstić information content (AvgIpc) is 2.80. The predicted octanol–water partition coefficient (Wildman–Crippen LogP) is 5.00. The Labute approximate surface area is 156 Å². The number of hydrogen-bond acceptors (Lipinski definition) is 3. The first-order valence-corrected chi connectivity index (χ1v) is 9.33. The van der Waals surface area contributed by atoms with Gasteiger partial charge in [-0.05, 0) is 32.0 Å². The summed E-state index contributed by atoms with van der Waals surface area (Å²) in [5, 5.41) is 10.1. The average molecular weight is 439 g/mol. The number of benzene rings is 1. The molecule has 0 aliphatic carbocycles. The lowest BCUT2D eigenvalue weighted by molar-refractivity contribution is -0.131. The van der Waals surface area contributed by atoms with Crippen LogP contribution < -0.4 is 0 Å². The zero-order valence-electron chi connectivity index (χ0n) is 12.3. The second-order valence-electron chi connectivity index (χ2n) is 5.21. The van der Waals surface area contributed by atoms with E-state index in [0.29, 0.717) is 22.7 Å². The number of thioether (sulfide) groups is 1. The molecule has 0 spiro atoms. The molecule has 1 atom stereocenters. The molecule has 124 valence electrons. The molecule has 2 rings (SSSR count). The number of alkyl halides is 1. The van der Waals surface area contributed by atoms with Crippen molar-refractivity contribution in [2.75, 3.05) is 0 Å². The van der Waals surface area contributed by atoms with Gasteiger partial charge in [-0.1, -0.05) is 39.1 Å². The Balaban J connectivity index is 2.48. The van der Waals surface area contributed by atoms with Crippen LogP contribution in [0.25, 0.3) is 0 Å². The van der Waals surface area contributed by atoms with Crippen LogP contribution in [0.1, 0.15) is 30.6 Å². The lowest BCUT2D eigenvalue weighted by Crippen LogP contribution is -2.37. The minimum absolute atomic E-state index is 0.0710. The number of carboxylic acids is 1. The summed E-state index contributed by atoms with van der Waals surface area (Å²) in [6.07, 6.45) is 0.446. The topological polar surface area (TPSA) is 57.6 Å². The van der Waals surface area contributed by atoms with Gasteiger partial charge >= 0.3 is 5.97 Å². The summed E-state index contributed by atoms with van der Waals surface area (Å²) in [7, 11) is 0. The van der Waals surface area contributed by atoms with Crippen LogP contribution in [0.3, 0.4) is 0 Å². The Morgan fingerprint density at radius 2 is 2.04 bits per heavy atom. The Bertz CT molecular complexity index is 693. The highest BCUT2D eigenvalue weighted by atomic mass is 79.9. The number of nitrogens with zero attached hydrogens (tertiary/aromatic N) is 1. The fourth-order valence-corrected chi connectivity index (χ4v) is 4.60. The van der Waals surface area contributed by atoms with E-state index >= 15 is 0 Å². The number of carboxylic acid groups (broad SMARTS) is 1. The Morgan fingerprint density at radius 1 is 1.39 bits per heavy atom. The van der Waals surface area contributed by atoms with E-state index in [-0.39, 0.29) is 26.0 Å². The van der Waals surface area contributed by atoms with Gasteiger partial charge in [0.2, 0.25) is 0 Å². The number of rotatable bonds is 4. The molecule has 0 bridgehead atoms. The van der Waals surface area contributed by atoms with Gasteiger partial charge in [-0.15, -0.1) is 11.8 Å². The van der Waals surface area contributed by atoms with Gasteiger partial charge in [-0.2, -0.15) is 0 Å². The van der Waals surface area contributed by atoms with Crippen LogP contribution in [0.4, 0.5) is 0 Å². The number of carbonyl (C=O) groups is 2. The molecule has 1 aromatic rings. The Kier molecular flexibility index (Phi) is 6.05. The zero-order valence-corrected chi connectivity index (χ0v) is 16.3. The fourth-order valence-electron chi connectivity index (χ4n) is 2.33. The molecule has 0 saturated heterocycles. The standard InChI is InChI=1S/C15H14BrCl2NO3S/c1-7(2)19(11-6-12(16)23-13(11)15(21)22)14(20)9-4-3-8(17)5-10(9)18/h3-5,7,12H,6H2,1-2H3,(H,21,22). The molecule has 0 saturated carbocycles. The van der Waals surface area contributed by atoms with Gasteiger partial charge in [-0.3, -0.25) is 4.79 Å². The molecule has 1 unspecified atom stereocenters. The van der Waals surface area contributed by atoms with Gasteiger partial charge in [-0.25, -0.2) is 4.79 Å². The minimum atomic E-state index is -1.03. The molecule has 0 aromatic heterocycles. The molecule has 4 nitrogen and oxygen atoms in total. The first kappa shape index (κ1) is 18.6. The van der Waals surface area contributed by atoms with E-state index < -0.39 is 5.97 Å². The van der Waals surface area contributed by atoms with E-state index in [0.717, 1.165) is 0 Å². The molecule has 8 heteroatoms. The maximum atomic E-state index is 12.9. The molecule has 1 amide bonds. The first-order chi connectivity index (χ1) is 10.7. The van der Waals surface area contributed by atoms with Crippen LogP contribution in [-0.4, -0.2) is 32.1 Å². The van der Waals surface area contributed by atoms with Crippen LogP contribution in [0, 0.1) is 0 Å². The summed E-state index contributed by atoms with van der Waals surface area (Å²) in [6, 6.07) is 4.43. The van der Waals surface area contributed by atoms with Crippen LogP contribution in [-0.2, 0) is 4.79 Å². The molecule has 1 aromatic carbocycles. The summed E-state index contributed by atoms with van der Waals surface area (Å²) in [5.74, 6) is -1.37. The Hall–Kier alpha value is -0.690. The van der Waals surface area contributed by atoms with Gasteiger partial charge in [0, 0.05) is 23.2 Å². The van der Waals surface area contributed by atoms with Crippen molar-refractivity contribution >= 4 is 62.8 Å². The van der Waals surface area contributed by atoms with E-state index in [1.807, 2.05) is 13.8 Å². The number of aliphatic carboxylic acids is 1. The van der Waals surface area contributed by atoms with E-state index in [9.17, 15) is 14.7 Å². The number of carbonyl (C=O) groups excluding carboxylic acids is 1. The van der Waals surface area contributed by atoms with Crippen molar-refractivity contribution in [2.24, 2.45) is 0 Å². The Morgan fingerprint density at radius 3 is 2.57 bits per heavy atom. The van der Waals surface area contributed by atoms with E-state index in [1.54, 1.807) is 12.1 Å². The lowest BCUT2D eigenvalue weighted by Gasteiger charge is -2.29. The van der Waals surface area contributed by atoms with Crippen molar-refractivity contribution in [3.05, 3.63) is 44.4 Å². The van der Waals surface area contributed by atoms with Crippen molar-refractivity contribution < 1.29 is 14.7 Å². The molecule has 1 N–H and O–H groups in total. The van der Waals surface area contributed by atoms with Gasteiger partial charge in [0.1, 0.15) is 4.91 Å². The van der Waals surface area contributed by atoms with E-state index in [2.05, 4.69) is 15.9 Å². The monoisotopic (exact) mass is 437 g/mol. The van der Waals surface area contributed by atoms with Crippen molar-refractivity contribution in [1.29, 1.82) is 0 Å². The largest absolute Gasteiger partial charge is 0.477 e. The number of hydrogen-bond donors (Lipinski definition) is 1. The van der Waals surface area contributed by atoms with Crippen LogP contribution in [0.2, 0.25) is 10.0 Å². The van der Waals surface area contributed by atoms with Gasteiger partial charge in [0.15, 0.2) is 0 Å². The summed E-state index contributed by atoms with van der Waals surface area (Å²) in [6.45, 7) is 3.67. The quantitative estimate of drug-likeness (QED) is 0.672. The molecular weight excluding hydrogens is 425 g/mol. The maximum absolute atomic E-state index is 12.9. The van der Waals surface area contributed by atoms with E-state index in [1.165, 1.54) is 22.7 Å². The molecular formula is C15H14BrCl2NO3S. The predicted molar refractivity (Wildman–Crippen MR) is 97.4 cm³/mol. The second-order valence-corrected chi connectivity index (χ2v) is 8.97. The molecule has 0 radical (unpaired) electrons. The summed E-state index contributed by atoms with van der Waals surface area (Å²) >= 11 is 16.6. The fraction of sp³-hybridized carbons (Fsp3) is 0.333. The van der Waals surface area contributed by atoms with Crippen LogP contribution in [0.5, 0.6) is 0 Å². The van der Waals surface area contributed by atoms with Gasteiger partial charge in [0.25, 0.3) is 5.91 Å². The lowest BCUT2D eigenvalue weighted by atomic mass is 10.1. The van der Waals surface area contributed by atoms with Crippen molar-refractivity contribution in [1.82, 2.24) is 4.90 Å². The third-order valence-corrected chi connectivity index (χ3v) is 5.74. The molecule has 1 heterocycles. The van der Waals surface area contributed by atoms with Crippen molar-refractivity contribution in [3.63, 3.8) is 0 Å². The van der Waals surface area contributed by atoms with Crippen LogP contribution in [0.15, 0.2) is 28.8 Å². The van der Waals surface area contributed by atoms with Crippen LogP contribution >= 0.6 is 50.9 Å². The molecule has 1 aliphatic rings. The molecule has 23 heavy (non-hydrogen) atoms. The summed E-state index contributed by atoms with van der Waals surface area (Å²) < 4.78 is -0.0710. The summed E-state index contributed by atoms with van der Waals surface area (Å²) in [4.78, 5) is 26.1. The number of halogens is 3. The normalized spacial score (nSPS) is 17.7. The van der Waals surface area contributed by atoms with Gasteiger partial charge < -0.3 is 10.0 Å². The smallest absolute Gasteiger partial charge is 0.344 e. The first-order valence-electron chi connectivity index (χ1n) is 6.78. The SMILES string of the molecule is CC(C)N(C(=O)c1ccc(Cl)cc1Cl)C1=C(C(=O)O)SC(Br)C1. The van der Waals surface area contributed by atoms with Gasteiger partial charge in [0.05, 0.1) is 14.7 Å². The minimum Gasteiger partial charge on any atom is -0.477 e. The highest BCUT2D eigenvalue weighted by Crippen LogP contribution is 2.43. The second kappa shape index (κ2) is 7.47. The number of allylic oxidation sites excluding steroid dienone is 1. The van der Waals surface area contributed by atoms with Crippen molar-refractivity contribution in [3.8, 4) is 0 Å². The zero-order chi connectivity index (χ0) is 17.3. The third-order valence-electron chi connectivity index (χ3n) is 3.24. The highest BCUT2D eigenvalue weighted by molar-refractivity contribution is 9.11. The maximum Gasteiger partial charge on any atom is 0.344 e. The highest BCUT2D eigenvalue weighted by Gasteiger charge is 2.35. The number of amides is 1. The molecule has 0 fully saturated rings. The van der Waals surface area contributed by atoms with E-state index in [4.69, 9.17) is 23.2 Å².